The van der Waals surface area contributed by atoms with Crippen LogP contribution in [0.4, 0.5) is 0 Å². The first-order chi connectivity index (χ1) is 9.28. The fraction of sp³-hybridized carbons (Fsp3) is 0.533. The summed E-state index contributed by atoms with van der Waals surface area (Å²) in [6.07, 6.45) is 2.08. The van der Waals surface area contributed by atoms with Crippen molar-refractivity contribution in [3.8, 4) is 0 Å². The molecule has 4 nitrogen and oxygen atoms in total. The van der Waals surface area contributed by atoms with Gasteiger partial charge in [-0.15, -0.1) is 0 Å². The number of rotatable bonds is 7. The SMILES string of the molecule is CCOC(=O)COC1CC(OCc2ccccc2)C1. The van der Waals surface area contributed by atoms with Crippen LogP contribution >= 0.6 is 0 Å². The van der Waals surface area contributed by atoms with E-state index in [9.17, 15) is 4.79 Å². The lowest BCUT2D eigenvalue weighted by Crippen LogP contribution is -2.38. The molecule has 0 spiro atoms. The summed E-state index contributed by atoms with van der Waals surface area (Å²) in [5.41, 5.74) is 1.18. The lowest BCUT2D eigenvalue weighted by molar-refractivity contribution is -0.158. The molecule has 0 atom stereocenters. The summed E-state index contributed by atoms with van der Waals surface area (Å²) >= 11 is 0. The van der Waals surface area contributed by atoms with Gasteiger partial charge in [-0.05, 0) is 25.3 Å². The Kier molecular flexibility index (Phi) is 5.36. The average Bonchev–Trinajstić information content (AvgIpc) is 2.38. The maximum absolute atomic E-state index is 11.1. The molecule has 1 aromatic rings. The van der Waals surface area contributed by atoms with Gasteiger partial charge in [-0.1, -0.05) is 30.3 Å². The third kappa shape index (κ3) is 4.65. The second-order valence-corrected chi connectivity index (χ2v) is 4.63. The van der Waals surface area contributed by atoms with Crippen LogP contribution in [0.3, 0.4) is 0 Å². The highest BCUT2D eigenvalue weighted by atomic mass is 16.6. The maximum atomic E-state index is 11.1. The first-order valence-corrected chi connectivity index (χ1v) is 6.70. The van der Waals surface area contributed by atoms with Crippen molar-refractivity contribution in [2.45, 2.75) is 38.6 Å². The minimum atomic E-state index is -0.295. The van der Waals surface area contributed by atoms with Crippen LogP contribution in [0.2, 0.25) is 0 Å². The van der Waals surface area contributed by atoms with Crippen LogP contribution in [0.5, 0.6) is 0 Å². The van der Waals surface area contributed by atoms with Gasteiger partial charge in [0.2, 0.25) is 0 Å². The summed E-state index contributed by atoms with van der Waals surface area (Å²) in [4.78, 5) is 11.1. The Labute approximate surface area is 113 Å². The molecule has 0 saturated heterocycles. The second-order valence-electron chi connectivity index (χ2n) is 4.63. The van der Waals surface area contributed by atoms with E-state index in [2.05, 4.69) is 0 Å². The lowest BCUT2D eigenvalue weighted by atomic mass is 9.92. The van der Waals surface area contributed by atoms with E-state index >= 15 is 0 Å². The van der Waals surface area contributed by atoms with Crippen LogP contribution in [0.15, 0.2) is 30.3 Å². The zero-order chi connectivity index (χ0) is 13.5. The van der Waals surface area contributed by atoms with Crippen molar-refractivity contribution in [3.63, 3.8) is 0 Å². The molecule has 0 radical (unpaired) electrons. The van der Waals surface area contributed by atoms with Gasteiger partial charge < -0.3 is 14.2 Å². The average molecular weight is 264 g/mol. The van der Waals surface area contributed by atoms with Gasteiger partial charge in [-0.3, -0.25) is 0 Å². The van der Waals surface area contributed by atoms with Gasteiger partial charge in [0.1, 0.15) is 6.61 Å². The molecule has 0 amide bonds. The normalized spacial score (nSPS) is 21.7. The number of carbonyl (C=O) groups is 1. The monoisotopic (exact) mass is 264 g/mol. The van der Waals surface area contributed by atoms with Crippen molar-refractivity contribution < 1.29 is 19.0 Å². The van der Waals surface area contributed by atoms with Crippen molar-refractivity contribution in [2.75, 3.05) is 13.2 Å². The molecule has 1 aromatic carbocycles. The van der Waals surface area contributed by atoms with E-state index in [0.717, 1.165) is 12.8 Å². The van der Waals surface area contributed by atoms with E-state index < -0.39 is 0 Å². The summed E-state index contributed by atoms with van der Waals surface area (Å²) in [5, 5.41) is 0. The molecule has 2 rings (SSSR count). The van der Waals surface area contributed by atoms with Crippen LogP contribution in [-0.4, -0.2) is 31.4 Å². The number of ether oxygens (including phenoxy) is 3. The predicted molar refractivity (Wildman–Crippen MR) is 70.6 cm³/mol. The predicted octanol–water partition coefficient (Wildman–Crippen LogP) is 2.31. The largest absolute Gasteiger partial charge is 0.464 e. The fourth-order valence-electron chi connectivity index (χ4n) is 1.97. The van der Waals surface area contributed by atoms with E-state index in [4.69, 9.17) is 14.2 Å². The third-order valence-electron chi connectivity index (χ3n) is 3.12. The van der Waals surface area contributed by atoms with Gasteiger partial charge in [-0.2, -0.15) is 0 Å². The fourth-order valence-corrected chi connectivity index (χ4v) is 1.97. The van der Waals surface area contributed by atoms with Gasteiger partial charge >= 0.3 is 5.97 Å². The minimum absolute atomic E-state index is 0.0455. The molecule has 1 fully saturated rings. The van der Waals surface area contributed by atoms with E-state index in [0.29, 0.717) is 13.2 Å². The lowest BCUT2D eigenvalue weighted by Gasteiger charge is -2.34. The van der Waals surface area contributed by atoms with Crippen LogP contribution < -0.4 is 0 Å². The summed E-state index contributed by atoms with van der Waals surface area (Å²) in [6.45, 7) is 2.87. The highest BCUT2D eigenvalue weighted by Gasteiger charge is 2.31. The number of esters is 1. The Hall–Kier alpha value is -1.39. The molecular weight excluding hydrogens is 244 g/mol. The highest BCUT2D eigenvalue weighted by molar-refractivity contribution is 5.70. The molecule has 0 aliphatic heterocycles. The smallest absolute Gasteiger partial charge is 0.332 e. The van der Waals surface area contributed by atoms with Crippen molar-refractivity contribution in [3.05, 3.63) is 35.9 Å². The zero-order valence-electron chi connectivity index (χ0n) is 11.2. The van der Waals surface area contributed by atoms with Gasteiger partial charge in [0.15, 0.2) is 0 Å². The van der Waals surface area contributed by atoms with Crippen molar-refractivity contribution in [2.24, 2.45) is 0 Å². The minimum Gasteiger partial charge on any atom is -0.464 e. The molecule has 19 heavy (non-hydrogen) atoms. The molecule has 0 heterocycles. The number of hydrogen-bond acceptors (Lipinski definition) is 4. The topological polar surface area (TPSA) is 44.8 Å². The van der Waals surface area contributed by atoms with Crippen molar-refractivity contribution in [1.82, 2.24) is 0 Å². The number of carbonyl (C=O) groups excluding carboxylic acids is 1. The first kappa shape index (κ1) is 14.0. The van der Waals surface area contributed by atoms with Crippen LogP contribution in [0, 0.1) is 0 Å². The number of benzene rings is 1. The van der Waals surface area contributed by atoms with E-state index in [1.807, 2.05) is 30.3 Å². The van der Waals surface area contributed by atoms with Crippen LogP contribution in [0.1, 0.15) is 25.3 Å². The highest BCUT2D eigenvalue weighted by Crippen LogP contribution is 2.27. The van der Waals surface area contributed by atoms with Crippen LogP contribution in [0.25, 0.3) is 0 Å². The van der Waals surface area contributed by atoms with Gasteiger partial charge in [0.25, 0.3) is 0 Å². The quantitative estimate of drug-likeness (QED) is 0.709. The molecule has 0 aromatic heterocycles. The summed E-state index contributed by atoms with van der Waals surface area (Å²) in [7, 11) is 0. The van der Waals surface area contributed by atoms with E-state index in [1.165, 1.54) is 5.56 Å². The standard InChI is InChI=1S/C15H20O4/c1-2-17-15(16)11-19-14-8-13(9-14)18-10-12-6-4-3-5-7-12/h3-7,13-14H,2,8-11H2,1H3. The summed E-state index contributed by atoms with van der Waals surface area (Å²) in [6, 6.07) is 10.1. The van der Waals surface area contributed by atoms with Crippen molar-refractivity contribution >= 4 is 5.97 Å². The van der Waals surface area contributed by atoms with Gasteiger partial charge in [0, 0.05) is 0 Å². The summed E-state index contributed by atoms with van der Waals surface area (Å²) < 4.78 is 16.0. The molecule has 104 valence electrons. The molecule has 0 unspecified atom stereocenters. The molecule has 4 heteroatoms. The molecule has 1 aliphatic carbocycles. The van der Waals surface area contributed by atoms with E-state index in [1.54, 1.807) is 6.92 Å². The Morgan fingerprint density at radius 3 is 2.53 bits per heavy atom. The Morgan fingerprint density at radius 1 is 1.16 bits per heavy atom. The second kappa shape index (κ2) is 7.26. The van der Waals surface area contributed by atoms with Crippen LogP contribution in [-0.2, 0) is 25.6 Å². The van der Waals surface area contributed by atoms with Gasteiger partial charge in [0.05, 0.1) is 25.4 Å². The Morgan fingerprint density at radius 2 is 1.84 bits per heavy atom. The third-order valence-corrected chi connectivity index (χ3v) is 3.12. The zero-order valence-corrected chi connectivity index (χ0v) is 11.2. The molecule has 0 N–H and O–H groups in total. The maximum Gasteiger partial charge on any atom is 0.332 e. The molecular formula is C15H20O4. The Balaban J connectivity index is 1.55. The summed E-state index contributed by atoms with van der Waals surface area (Å²) in [5.74, 6) is -0.295. The van der Waals surface area contributed by atoms with Gasteiger partial charge in [-0.25, -0.2) is 4.79 Å². The molecule has 0 bridgehead atoms. The number of hydrogen-bond donors (Lipinski definition) is 0. The van der Waals surface area contributed by atoms with E-state index in [-0.39, 0.29) is 24.8 Å². The van der Waals surface area contributed by atoms with Crippen molar-refractivity contribution in [1.29, 1.82) is 0 Å². The Bertz CT molecular complexity index is 384. The molecule has 1 saturated carbocycles. The molecule has 1 aliphatic rings. The first-order valence-electron chi connectivity index (χ1n) is 6.70.